The zero-order valence-electron chi connectivity index (χ0n) is 12.9. The van der Waals surface area contributed by atoms with E-state index in [1.54, 1.807) is 6.20 Å². The molecule has 3 rings (SSSR count). The molecular formula is C17H22N4O. The van der Waals surface area contributed by atoms with Gasteiger partial charge < -0.3 is 10.6 Å². The fourth-order valence-electron chi connectivity index (χ4n) is 2.96. The summed E-state index contributed by atoms with van der Waals surface area (Å²) in [6, 6.07) is 10.2. The van der Waals surface area contributed by atoms with Crippen LogP contribution in [0, 0.1) is 0 Å². The summed E-state index contributed by atoms with van der Waals surface area (Å²) < 4.78 is 1.86. The number of nitrogens with zero attached hydrogens (tertiary/aromatic N) is 3. The average Bonchev–Trinajstić information content (AvgIpc) is 2.99. The number of rotatable bonds is 3. The second-order valence-corrected chi connectivity index (χ2v) is 5.74. The molecule has 0 radical (unpaired) electrons. The summed E-state index contributed by atoms with van der Waals surface area (Å²) in [7, 11) is 0. The van der Waals surface area contributed by atoms with Crippen molar-refractivity contribution < 1.29 is 4.79 Å². The number of piperidine rings is 1. The highest BCUT2D eigenvalue weighted by atomic mass is 16.2. The fourth-order valence-corrected chi connectivity index (χ4v) is 2.96. The highest BCUT2D eigenvalue weighted by Gasteiger charge is 2.25. The fraction of sp³-hybridized carbons (Fsp3) is 0.412. The van der Waals surface area contributed by atoms with Gasteiger partial charge in [-0.15, -0.1) is 0 Å². The van der Waals surface area contributed by atoms with Gasteiger partial charge in [0, 0.05) is 19.1 Å². The topological polar surface area (TPSA) is 64.2 Å². The minimum Gasteiger partial charge on any atom is -0.338 e. The summed E-state index contributed by atoms with van der Waals surface area (Å²) in [5.41, 5.74) is 8.58. The molecule has 1 fully saturated rings. The first-order valence-electron chi connectivity index (χ1n) is 7.88. The van der Waals surface area contributed by atoms with Crippen LogP contribution in [0.2, 0.25) is 0 Å². The molecule has 1 saturated heterocycles. The number of hydrogen-bond donors (Lipinski definition) is 1. The summed E-state index contributed by atoms with van der Waals surface area (Å²) in [4.78, 5) is 14.7. The highest BCUT2D eigenvalue weighted by molar-refractivity contribution is 5.95. The third-order valence-electron chi connectivity index (χ3n) is 4.26. The second-order valence-electron chi connectivity index (χ2n) is 5.74. The normalized spacial score (nSPS) is 16.0. The molecule has 0 saturated carbocycles. The van der Waals surface area contributed by atoms with Crippen molar-refractivity contribution in [1.29, 1.82) is 0 Å². The Hall–Kier alpha value is -2.14. The molecule has 1 aliphatic heterocycles. The molecule has 5 nitrogen and oxygen atoms in total. The molecule has 1 aromatic carbocycles. The molecular weight excluding hydrogens is 276 g/mol. The molecule has 1 amide bonds. The van der Waals surface area contributed by atoms with Crippen LogP contribution in [0.1, 0.15) is 35.8 Å². The number of para-hydroxylation sites is 1. The van der Waals surface area contributed by atoms with Crippen molar-refractivity contribution in [3.63, 3.8) is 0 Å². The van der Waals surface area contributed by atoms with Crippen molar-refractivity contribution in [3.8, 4) is 5.69 Å². The average molecular weight is 298 g/mol. The Morgan fingerprint density at radius 1 is 1.27 bits per heavy atom. The second kappa shape index (κ2) is 6.32. The van der Waals surface area contributed by atoms with E-state index in [-0.39, 0.29) is 11.9 Å². The monoisotopic (exact) mass is 298 g/mol. The first-order chi connectivity index (χ1) is 10.7. The molecule has 0 bridgehead atoms. The van der Waals surface area contributed by atoms with E-state index >= 15 is 0 Å². The molecule has 1 aromatic heterocycles. The summed E-state index contributed by atoms with van der Waals surface area (Å²) in [5.74, 6) is 0.0749. The van der Waals surface area contributed by atoms with Gasteiger partial charge in [0.05, 0.1) is 23.1 Å². The Kier molecular flexibility index (Phi) is 4.24. The number of carbonyl (C=O) groups excluding carboxylic acids is 1. The number of nitrogens with two attached hydrogens (primary N) is 1. The predicted octanol–water partition coefficient (Wildman–Crippen LogP) is 2.00. The molecule has 0 aliphatic carbocycles. The van der Waals surface area contributed by atoms with Gasteiger partial charge in [0.1, 0.15) is 0 Å². The van der Waals surface area contributed by atoms with E-state index in [0.29, 0.717) is 5.56 Å². The van der Waals surface area contributed by atoms with Crippen LogP contribution in [0.5, 0.6) is 0 Å². The van der Waals surface area contributed by atoms with Crippen LogP contribution >= 0.6 is 0 Å². The van der Waals surface area contributed by atoms with Crippen LogP contribution in [-0.4, -0.2) is 39.7 Å². The van der Waals surface area contributed by atoms with Crippen LogP contribution in [0.4, 0.5) is 0 Å². The van der Waals surface area contributed by atoms with Crippen LogP contribution in [0.25, 0.3) is 5.69 Å². The third-order valence-corrected chi connectivity index (χ3v) is 4.26. The summed E-state index contributed by atoms with van der Waals surface area (Å²) in [6.45, 7) is 3.53. The van der Waals surface area contributed by atoms with E-state index in [4.69, 9.17) is 5.73 Å². The number of aromatic nitrogens is 2. The van der Waals surface area contributed by atoms with Crippen molar-refractivity contribution >= 4 is 5.91 Å². The van der Waals surface area contributed by atoms with Crippen molar-refractivity contribution in [2.24, 2.45) is 5.73 Å². The van der Waals surface area contributed by atoms with Crippen LogP contribution in [-0.2, 0) is 6.42 Å². The quantitative estimate of drug-likeness (QED) is 0.942. The lowest BCUT2D eigenvalue weighted by Crippen LogP contribution is -2.43. The van der Waals surface area contributed by atoms with E-state index in [1.807, 2.05) is 39.9 Å². The van der Waals surface area contributed by atoms with Crippen molar-refractivity contribution in [2.75, 3.05) is 13.1 Å². The Morgan fingerprint density at radius 2 is 1.95 bits per heavy atom. The van der Waals surface area contributed by atoms with Gasteiger partial charge in [0.25, 0.3) is 5.91 Å². The molecule has 0 spiro atoms. The highest BCUT2D eigenvalue weighted by Crippen LogP contribution is 2.19. The predicted molar refractivity (Wildman–Crippen MR) is 86.1 cm³/mol. The molecule has 2 aromatic rings. The van der Waals surface area contributed by atoms with Gasteiger partial charge in [-0.05, 0) is 31.4 Å². The van der Waals surface area contributed by atoms with E-state index in [1.165, 1.54) is 0 Å². The Labute approximate surface area is 130 Å². The lowest BCUT2D eigenvalue weighted by Gasteiger charge is -2.30. The molecule has 116 valence electrons. The smallest absolute Gasteiger partial charge is 0.257 e. The summed E-state index contributed by atoms with van der Waals surface area (Å²) >= 11 is 0. The Balaban J connectivity index is 1.88. The molecule has 0 unspecified atom stereocenters. The third kappa shape index (κ3) is 2.76. The number of hydrogen-bond acceptors (Lipinski definition) is 3. The zero-order chi connectivity index (χ0) is 15.5. The van der Waals surface area contributed by atoms with Gasteiger partial charge in [0.2, 0.25) is 0 Å². The molecule has 22 heavy (non-hydrogen) atoms. The number of likely N-dealkylation sites (tertiary alicyclic amines) is 1. The number of benzene rings is 1. The maximum atomic E-state index is 12.8. The Morgan fingerprint density at radius 3 is 2.59 bits per heavy atom. The van der Waals surface area contributed by atoms with E-state index < -0.39 is 0 Å². The molecule has 5 heteroatoms. The SMILES string of the molecule is CCc1c(C(=O)N2CCC(N)CC2)cnn1-c1ccccc1. The van der Waals surface area contributed by atoms with Gasteiger partial charge in [-0.1, -0.05) is 25.1 Å². The van der Waals surface area contributed by atoms with E-state index in [0.717, 1.165) is 43.7 Å². The van der Waals surface area contributed by atoms with Crippen LogP contribution in [0.3, 0.4) is 0 Å². The standard InChI is InChI=1S/C17H22N4O/c1-2-16-15(17(22)20-10-8-13(18)9-11-20)12-19-21(16)14-6-4-3-5-7-14/h3-7,12-13H,2,8-11,18H2,1H3. The van der Waals surface area contributed by atoms with Gasteiger partial charge in [0.15, 0.2) is 0 Å². The van der Waals surface area contributed by atoms with Gasteiger partial charge in [-0.25, -0.2) is 4.68 Å². The molecule has 0 atom stereocenters. The lowest BCUT2D eigenvalue weighted by atomic mass is 10.0. The van der Waals surface area contributed by atoms with Crippen molar-refractivity contribution in [1.82, 2.24) is 14.7 Å². The van der Waals surface area contributed by atoms with Gasteiger partial charge in [-0.2, -0.15) is 5.10 Å². The van der Waals surface area contributed by atoms with Crippen molar-refractivity contribution in [2.45, 2.75) is 32.2 Å². The summed E-state index contributed by atoms with van der Waals surface area (Å²) in [6.07, 6.45) is 4.21. The lowest BCUT2D eigenvalue weighted by molar-refractivity contribution is 0.0713. The number of carbonyl (C=O) groups is 1. The Bertz CT molecular complexity index is 642. The molecule has 1 aliphatic rings. The van der Waals surface area contributed by atoms with Gasteiger partial charge >= 0.3 is 0 Å². The van der Waals surface area contributed by atoms with Gasteiger partial charge in [-0.3, -0.25) is 4.79 Å². The maximum absolute atomic E-state index is 12.8. The summed E-state index contributed by atoms with van der Waals surface area (Å²) in [5, 5.41) is 4.43. The maximum Gasteiger partial charge on any atom is 0.257 e. The van der Waals surface area contributed by atoms with E-state index in [9.17, 15) is 4.79 Å². The first kappa shape index (κ1) is 14.8. The first-order valence-corrected chi connectivity index (χ1v) is 7.88. The molecule has 2 N–H and O–H groups in total. The van der Waals surface area contributed by atoms with Crippen LogP contribution in [0.15, 0.2) is 36.5 Å². The van der Waals surface area contributed by atoms with Crippen LogP contribution < -0.4 is 5.73 Å². The minimum absolute atomic E-state index is 0.0749. The largest absolute Gasteiger partial charge is 0.338 e. The molecule has 2 heterocycles. The zero-order valence-corrected chi connectivity index (χ0v) is 12.9. The minimum atomic E-state index is 0.0749. The number of amides is 1. The van der Waals surface area contributed by atoms with E-state index in [2.05, 4.69) is 12.0 Å². The van der Waals surface area contributed by atoms with Crippen molar-refractivity contribution in [3.05, 3.63) is 47.8 Å².